The molecule has 100 valence electrons. The van der Waals surface area contributed by atoms with Crippen LogP contribution in [0.3, 0.4) is 0 Å². The van der Waals surface area contributed by atoms with Crippen LogP contribution in [0.25, 0.3) is 0 Å². The standard InChI is InChI=1S/C11H15F2N3O2/c1-2-18-8(17)3-6-5-16-11(15)7(4-14)9(6)10(12)13/h5,10H,2-4,14H2,1H3,(H2,15,16). The highest BCUT2D eigenvalue weighted by Crippen LogP contribution is 2.29. The van der Waals surface area contributed by atoms with E-state index in [2.05, 4.69) is 4.98 Å². The first-order chi connectivity index (χ1) is 8.51. The summed E-state index contributed by atoms with van der Waals surface area (Å²) in [6, 6.07) is 0. The average molecular weight is 259 g/mol. The van der Waals surface area contributed by atoms with Gasteiger partial charge in [0.1, 0.15) is 5.82 Å². The molecule has 1 aromatic heterocycles. The summed E-state index contributed by atoms with van der Waals surface area (Å²) in [6.45, 7) is 1.67. The Labute approximate surface area is 103 Å². The van der Waals surface area contributed by atoms with Gasteiger partial charge in [0.2, 0.25) is 0 Å². The fourth-order valence-corrected chi connectivity index (χ4v) is 1.62. The Morgan fingerprint density at radius 2 is 2.22 bits per heavy atom. The van der Waals surface area contributed by atoms with Crippen molar-refractivity contribution < 1.29 is 18.3 Å². The summed E-state index contributed by atoms with van der Waals surface area (Å²) in [5.41, 5.74) is 10.7. The molecule has 0 spiro atoms. The summed E-state index contributed by atoms with van der Waals surface area (Å²) in [6.07, 6.45) is -1.88. The van der Waals surface area contributed by atoms with Gasteiger partial charge in [-0.3, -0.25) is 4.79 Å². The number of hydrogen-bond donors (Lipinski definition) is 2. The summed E-state index contributed by atoms with van der Waals surface area (Å²) in [4.78, 5) is 15.1. The monoisotopic (exact) mass is 259 g/mol. The van der Waals surface area contributed by atoms with Crippen molar-refractivity contribution in [1.29, 1.82) is 0 Å². The van der Waals surface area contributed by atoms with E-state index in [1.54, 1.807) is 6.92 Å². The summed E-state index contributed by atoms with van der Waals surface area (Å²) in [7, 11) is 0. The lowest BCUT2D eigenvalue weighted by Gasteiger charge is -2.14. The smallest absolute Gasteiger partial charge is 0.310 e. The number of ether oxygens (including phenoxy) is 1. The molecular formula is C11H15F2N3O2. The Kier molecular flexibility index (Phi) is 4.96. The van der Waals surface area contributed by atoms with Crippen LogP contribution in [-0.4, -0.2) is 17.6 Å². The number of carbonyl (C=O) groups excluding carboxylic acids is 1. The van der Waals surface area contributed by atoms with E-state index in [1.165, 1.54) is 0 Å². The lowest BCUT2D eigenvalue weighted by Crippen LogP contribution is -2.15. The number of halogens is 2. The van der Waals surface area contributed by atoms with Crippen LogP contribution >= 0.6 is 0 Å². The molecule has 0 aliphatic rings. The van der Waals surface area contributed by atoms with Crippen molar-refractivity contribution in [1.82, 2.24) is 4.98 Å². The first kappa shape index (κ1) is 14.3. The van der Waals surface area contributed by atoms with Gasteiger partial charge in [-0.15, -0.1) is 0 Å². The van der Waals surface area contributed by atoms with Crippen molar-refractivity contribution in [3.8, 4) is 0 Å². The summed E-state index contributed by atoms with van der Waals surface area (Å²) in [5, 5.41) is 0. The van der Waals surface area contributed by atoms with Crippen molar-refractivity contribution in [2.45, 2.75) is 26.3 Å². The molecule has 0 atom stereocenters. The van der Waals surface area contributed by atoms with Crippen molar-refractivity contribution in [3.63, 3.8) is 0 Å². The molecule has 1 heterocycles. The van der Waals surface area contributed by atoms with Crippen molar-refractivity contribution >= 4 is 11.8 Å². The number of aromatic nitrogens is 1. The minimum Gasteiger partial charge on any atom is -0.466 e. The highest BCUT2D eigenvalue weighted by atomic mass is 19.3. The predicted molar refractivity (Wildman–Crippen MR) is 61.8 cm³/mol. The molecule has 1 aromatic rings. The first-order valence-electron chi connectivity index (χ1n) is 5.41. The van der Waals surface area contributed by atoms with Crippen LogP contribution in [0.2, 0.25) is 0 Å². The molecule has 0 aromatic carbocycles. The second-order valence-electron chi connectivity index (χ2n) is 3.55. The quantitative estimate of drug-likeness (QED) is 0.774. The number of alkyl halides is 2. The summed E-state index contributed by atoms with van der Waals surface area (Å²) in [5.74, 6) is -0.630. The number of anilines is 1. The Hall–Kier alpha value is -1.76. The van der Waals surface area contributed by atoms with Gasteiger partial charge in [-0.2, -0.15) is 0 Å². The van der Waals surface area contributed by atoms with E-state index in [-0.39, 0.29) is 42.1 Å². The van der Waals surface area contributed by atoms with Gasteiger partial charge in [-0.25, -0.2) is 13.8 Å². The van der Waals surface area contributed by atoms with E-state index in [0.29, 0.717) is 0 Å². The topological polar surface area (TPSA) is 91.2 Å². The maximum absolute atomic E-state index is 13.0. The third-order valence-corrected chi connectivity index (χ3v) is 2.40. The van der Waals surface area contributed by atoms with Gasteiger partial charge in [0, 0.05) is 23.9 Å². The van der Waals surface area contributed by atoms with Crippen LogP contribution in [-0.2, 0) is 22.5 Å². The number of hydrogen-bond acceptors (Lipinski definition) is 5. The van der Waals surface area contributed by atoms with E-state index in [9.17, 15) is 13.6 Å². The lowest BCUT2D eigenvalue weighted by molar-refractivity contribution is -0.142. The molecule has 0 aliphatic carbocycles. The normalized spacial score (nSPS) is 10.7. The van der Waals surface area contributed by atoms with Crippen LogP contribution < -0.4 is 11.5 Å². The minimum absolute atomic E-state index is 0.0413. The number of nitrogens with two attached hydrogens (primary N) is 2. The van der Waals surface area contributed by atoms with Gasteiger partial charge >= 0.3 is 5.97 Å². The molecule has 0 bridgehead atoms. The van der Waals surface area contributed by atoms with E-state index in [0.717, 1.165) is 6.20 Å². The van der Waals surface area contributed by atoms with Gasteiger partial charge in [0.25, 0.3) is 6.43 Å². The van der Waals surface area contributed by atoms with E-state index in [1.807, 2.05) is 0 Å². The van der Waals surface area contributed by atoms with Crippen LogP contribution in [0.15, 0.2) is 6.20 Å². The van der Waals surface area contributed by atoms with E-state index < -0.39 is 12.4 Å². The molecule has 0 saturated heterocycles. The zero-order chi connectivity index (χ0) is 13.7. The maximum atomic E-state index is 13.0. The number of esters is 1. The van der Waals surface area contributed by atoms with E-state index in [4.69, 9.17) is 16.2 Å². The predicted octanol–water partition coefficient (Wildman–Crippen LogP) is 1.17. The maximum Gasteiger partial charge on any atom is 0.310 e. The molecule has 7 heteroatoms. The number of rotatable bonds is 5. The molecule has 0 saturated carbocycles. The molecule has 0 unspecified atom stereocenters. The Balaban J connectivity index is 3.15. The van der Waals surface area contributed by atoms with Crippen LogP contribution in [0.5, 0.6) is 0 Å². The third-order valence-electron chi connectivity index (χ3n) is 2.40. The number of carbonyl (C=O) groups is 1. The van der Waals surface area contributed by atoms with Crippen LogP contribution in [0, 0.1) is 0 Å². The van der Waals surface area contributed by atoms with Gasteiger partial charge in [-0.1, -0.05) is 0 Å². The summed E-state index contributed by atoms with van der Waals surface area (Å²) < 4.78 is 30.7. The van der Waals surface area contributed by atoms with E-state index >= 15 is 0 Å². The number of nitrogen functional groups attached to an aromatic ring is 1. The Morgan fingerprint density at radius 1 is 1.56 bits per heavy atom. The number of nitrogens with zero attached hydrogens (tertiary/aromatic N) is 1. The molecule has 5 nitrogen and oxygen atoms in total. The fraction of sp³-hybridized carbons (Fsp3) is 0.455. The van der Waals surface area contributed by atoms with Gasteiger partial charge in [0.05, 0.1) is 13.0 Å². The zero-order valence-electron chi connectivity index (χ0n) is 9.95. The SMILES string of the molecule is CCOC(=O)Cc1cnc(N)c(CN)c1C(F)F. The molecule has 0 fully saturated rings. The molecule has 0 aliphatic heterocycles. The second-order valence-corrected chi connectivity index (χ2v) is 3.55. The average Bonchev–Trinajstić information content (AvgIpc) is 2.30. The molecule has 1 rings (SSSR count). The van der Waals surface area contributed by atoms with Gasteiger partial charge in [-0.05, 0) is 12.5 Å². The second kappa shape index (κ2) is 6.25. The Morgan fingerprint density at radius 3 is 2.72 bits per heavy atom. The van der Waals surface area contributed by atoms with Crippen molar-refractivity contribution in [3.05, 3.63) is 22.9 Å². The van der Waals surface area contributed by atoms with Crippen molar-refractivity contribution in [2.24, 2.45) is 5.73 Å². The van der Waals surface area contributed by atoms with Gasteiger partial charge < -0.3 is 16.2 Å². The largest absolute Gasteiger partial charge is 0.466 e. The Bertz CT molecular complexity index is 439. The molecular weight excluding hydrogens is 244 g/mol. The lowest BCUT2D eigenvalue weighted by atomic mass is 10.0. The van der Waals surface area contributed by atoms with Gasteiger partial charge in [0.15, 0.2) is 0 Å². The zero-order valence-corrected chi connectivity index (χ0v) is 9.95. The third kappa shape index (κ3) is 3.13. The minimum atomic E-state index is -2.77. The number of pyridine rings is 1. The molecule has 0 amide bonds. The summed E-state index contributed by atoms with van der Waals surface area (Å²) >= 11 is 0. The molecule has 18 heavy (non-hydrogen) atoms. The van der Waals surface area contributed by atoms with Crippen molar-refractivity contribution in [2.75, 3.05) is 12.3 Å². The molecule has 4 N–H and O–H groups in total. The molecule has 0 radical (unpaired) electrons. The highest BCUT2D eigenvalue weighted by molar-refractivity contribution is 5.73. The first-order valence-corrected chi connectivity index (χ1v) is 5.41. The highest BCUT2D eigenvalue weighted by Gasteiger charge is 2.22. The van der Waals surface area contributed by atoms with Crippen LogP contribution in [0.1, 0.15) is 30.0 Å². The van der Waals surface area contributed by atoms with Crippen LogP contribution in [0.4, 0.5) is 14.6 Å². The fourth-order valence-electron chi connectivity index (χ4n) is 1.62.